The van der Waals surface area contributed by atoms with Crippen molar-refractivity contribution in [2.45, 2.75) is 0 Å². The summed E-state index contributed by atoms with van der Waals surface area (Å²) in [4.78, 5) is 0. The molecule has 52 valence electrons. The van der Waals surface area contributed by atoms with Gasteiger partial charge in [-0.3, -0.25) is 0 Å². The van der Waals surface area contributed by atoms with E-state index in [0.717, 1.165) is 0 Å². The molecule has 0 fully saturated rings. The van der Waals surface area contributed by atoms with Gasteiger partial charge in [0, 0.05) is 21.3 Å². The van der Waals surface area contributed by atoms with E-state index in [-0.39, 0.29) is 11.0 Å². The molecular weight excluding hydrogens is 140 g/mol. The Hall–Kier alpha value is 0.314. The van der Waals surface area contributed by atoms with Gasteiger partial charge < -0.3 is 13.3 Å². The molecule has 0 unspecified atom stereocenters. The van der Waals surface area contributed by atoms with E-state index in [0.29, 0.717) is 0 Å². The molecule has 0 heterocycles. The minimum Gasteiger partial charge on any atom is -0.379 e. The van der Waals surface area contributed by atoms with Gasteiger partial charge in [-0.25, -0.2) is 0 Å². The number of rotatable bonds is 3. The van der Waals surface area contributed by atoms with Crippen LogP contribution in [-0.4, -0.2) is 41.8 Å². The van der Waals surface area contributed by atoms with Gasteiger partial charge in [-0.2, -0.15) is 0 Å². The Balaban J connectivity index is 0. The summed E-state index contributed by atoms with van der Waals surface area (Å²) in [7, 11) is 3.05. The zero-order chi connectivity index (χ0) is 5.70. The minimum atomic E-state index is -1.67. The third-order valence-electron chi connectivity index (χ3n) is 0.577. The van der Waals surface area contributed by atoms with Gasteiger partial charge in [-0.05, 0) is 11.0 Å². The molecule has 0 saturated heterocycles. The molecule has 0 radical (unpaired) electrons. The van der Waals surface area contributed by atoms with Crippen LogP contribution in [-0.2, 0) is 13.3 Å². The summed E-state index contributed by atoms with van der Waals surface area (Å²) in [6.07, 6.45) is 0. The third-order valence-corrected chi connectivity index (χ3v) is 1.73. The molecule has 0 aromatic rings. The summed E-state index contributed by atoms with van der Waals surface area (Å²) in [5.74, 6) is 0. The van der Waals surface area contributed by atoms with E-state index in [1.807, 2.05) is 0 Å². The second-order valence-electron chi connectivity index (χ2n) is 0.996. The first-order chi connectivity index (χ1) is 3.35. The van der Waals surface area contributed by atoms with Gasteiger partial charge in [-0.1, -0.05) is 0 Å². The number of hydrogen-bond acceptors (Lipinski definition) is 3. The highest BCUT2D eigenvalue weighted by molar-refractivity contribution is 6.36. The largest absolute Gasteiger partial charge is 0.483 e. The molecule has 0 amide bonds. The zero-order valence-corrected chi connectivity index (χ0v) is 5.96. The topological polar surface area (TPSA) is 27.7 Å². The lowest BCUT2D eigenvalue weighted by Crippen LogP contribution is -2.21. The molecular formula is C3H14O3Si2. The molecule has 0 aromatic carbocycles. The van der Waals surface area contributed by atoms with Gasteiger partial charge in [-0.15, -0.1) is 0 Å². The lowest BCUT2D eigenvalue weighted by molar-refractivity contribution is 0.163. The maximum Gasteiger partial charge on any atom is 0.483 e. The van der Waals surface area contributed by atoms with E-state index in [9.17, 15) is 0 Å². The molecule has 0 saturated carbocycles. The van der Waals surface area contributed by atoms with Crippen LogP contribution in [0.15, 0.2) is 0 Å². The normalized spacial score (nSPS) is 9.00. The first-order valence-corrected chi connectivity index (χ1v) is 3.35. The van der Waals surface area contributed by atoms with Crippen molar-refractivity contribution in [3.05, 3.63) is 0 Å². The van der Waals surface area contributed by atoms with E-state index in [4.69, 9.17) is 13.3 Å². The van der Waals surface area contributed by atoms with Crippen molar-refractivity contribution in [1.82, 2.24) is 0 Å². The van der Waals surface area contributed by atoms with Crippen molar-refractivity contribution in [3.63, 3.8) is 0 Å². The minimum absolute atomic E-state index is 0. The predicted molar refractivity (Wildman–Crippen MR) is 39.5 cm³/mol. The molecule has 8 heavy (non-hydrogen) atoms. The van der Waals surface area contributed by atoms with Gasteiger partial charge in [0.2, 0.25) is 0 Å². The molecule has 0 spiro atoms. The summed E-state index contributed by atoms with van der Waals surface area (Å²) in [6.45, 7) is 0. The van der Waals surface area contributed by atoms with Gasteiger partial charge >= 0.3 is 9.53 Å². The van der Waals surface area contributed by atoms with E-state index >= 15 is 0 Å². The summed E-state index contributed by atoms with van der Waals surface area (Å²) in [6, 6.07) is 0. The summed E-state index contributed by atoms with van der Waals surface area (Å²) >= 11 is 0. The maximum absolute atomic E-state index is 4.74. The molecule has 0 atom stereocenters. The predicted octanol–water partition coefficient (Wildman–Crippen LogP) is -1.81. The van der Waals surface area contributed by atoms with Crippen molar-refractivity contribution in [3.8, 4) is 0 Å². The van der Waals surface area contributed by atoms with Crippen LogP contribution in [0.5, 0.6) is 0 Å². The Morgan fingerprint density at radius 3 is 1.12 bits per heavy atom. The average molecular weight is 154 g/mol. The molecule has 0 aromatic heterocycles. The van der Waals surface area contributed by atoms with Crippen molar-refractivity contribution < 1.29 is 13.3 Å². The Morgan fingerprint density at radius 1 is 0.875 bits per heavy atom. The molecule has 0 aliphatic rings. The lowest BCUT2D eigenvalue weighted by Gasteiger charge is -2.05. The van der Waals surface area contributed by atoms with Crippen LogP contribution in [0.3, 0.4) is 0 Å². The van der Waals surface area contributed by atoms with E-state index < -0.39 is 9.53 Å². The fourth-order valence-electron chi connectivity index (χ4n) is 0.289. The highest BCUT2D eigenvalue weighted by Gasteiger charge is 2.04. The van der Waals surface area contributed by atoms with Crippen LogP contribution in [0.2, 0.25) is 0 Å². The van der Waals surface area contributed by atoms with E-state index in [1.165, 1.54) is 0 Å². The first-order valence-electron chi connectivity index (χ1n) is 1.93. The lowest BCUT2D eigenvalue weighted by atomic mass is 11.8. The Bertz CT molecular complexity index is 34.0. The average Bonchev–Trinajstić information content (AvgIpc) is 1.72. The van der Waals surface area contributed by atoms with Gasteiger partial charge in [0.05, 0.1) is 0 Å². The molecule has 0 bridgehead atoms. The highest BCUT2D eigenvalue weighted by Crippen LogP contribution is 1.81. The Labute approximate surface area is 55.9 Å². The molecule has 0 aliphatic carbocycles. The van der Waals surface area contributed by atoms with Crippen molar-refractivity contribution >= 4 is 20.5 Å². The van der Waals surface area contributed by atoms with Crippen LogP contribution < -0.4 is 0 Å². The standard InChI is InChI=1S/C3H10O3Si.H4Si/c1-4-7(5-2)6-3;/h7H,1-3H3;1H4. The fraction of sp³-hybridized carbons (Fsp3) is 1.00. The summed E-state index contributed by atoms with van der Waals surface area (Å²) in [5.41, 5.74) is 0. The molecule has 0 N–H and O–H groups in total. The highest BCUT2D eigenvalue weighted by atomic mass is 28.3. The summed E-state index contributed by atoms with van der Waals surface area (Å²) < 4.78 is 14.2. The van der Waals surface area contributed by atoms with Crippen LogP contribution >= 0.6 is 0 Å². The smallest absolute Gasteiger partial charge is 0.379 e. The van der Waals surface area contributed by atoms with E-state index in [1.54, 1.807) is 21.3 Å². The number of hydrogen-bond donors (Lipinski definition) is 0. The van der Waals surface area contributed by atoms with Crippen molar-refractivity contribution in [2.24, 2.45) is 0 Å². The monoisotopic (exact) mass is 154 g/mol. The SMILES string of the molecule is CO[SiH](OC)OC.[SiH4]. The van der Waals surface area contributed by atoms with E-state index in [2.05, 4.69) is 0 Å². The van der Waals surface area contributed by atoms with Crippen LogP contribution in [0.1, 0.15) is 0 Å². The second kappa shape index (κ2) is 7.31. The van der Waals surface area contributed by atoms with Gasteiger partial charge in [0.25, 0.3) is 0 Å². The zero-order valence-electron chi connectivity index (χ0n) is 4.80. The van der Waals surface area contributed by atoms with Crippen molar-refractivity contribution in [1.29, 1.82) is 0 Å². The third kappa shape index (κ3) is 4.47. The van der Waals surface area contributed by atoms with Crippen LogP contribution in [0.4, 0.5) is 0 Å². The Kier molecular flexibility index (Phi) is 10.2. The summed E-state index contributed by atoms with van der Waals surface area (Å²) in [5, 5.41) is 0. The molecule has 0 rings (SSSR count). The van der Waals surface area contributed by atoms with Gasteiger partial charge in [0.15, 0.2) is 0 Å². The maximum atomic E-state index is 4.74. The van der Waals surface area contributed by atoms with Crippen molar-refractivity contribution in [2.75, 3.05) is 21.3 Å². The fourth-order valence-corrected chi connectivity index (χ4v) is 0.866. The van der Waals surface area contributed by atoms with Crippen LogP contribution in [0.25, 0.3) is 0 Å². The molecule has 0 aliphatic heterocycles. The Morgan fingerprint density at radius 2 is 1.12 bits per heavy atom. The molecule has 3 nitrogen and oxygen atoms in total. The second-order valence-corrected chi connectivity index (χ2v) is 2.99. The molecule has 5 heteroatoms. The first kappa shape index (κ1) is 11.2. The van der Waals surface area contributed by atoms with Gasteiger partial charge in [0.1, 0.15) is 0 Å². The van der Waals surface area contributed by atoms with Crippen LogP contribution in [0, 0.1) is 0 Å². The quantitative estimate of drug-likeness (QED) is 0.449.